The SMILES string of the molecule is [c]1ccc(C2(COCc3ccccc3)CC2)cc1. The summed E-state index contributed by atoms with van der Waals surface area (Å²) in [6.45, 7) is 1.54. The van der Waals surface area contributed by atoms with Crippen LogP contribution >= 0.6 is 0 Å². The lowest BCUT2D eigenvalue weighted by atomic mass is 9.97. The molecule has 18 heavy (non-hydrogen) atoms. The van der Waals surface area contributed by atoms with Crippen LogP contribution in [0.3, 0.4) is 0 Å². The Kier molecular flexibility index (Phi) is 3.16. The van der Waals surface area contributed by atoms with Gasteiger partial charge in [-0.2, -0.15) is 0 Å². The first kappa shape index (κ1) is 11.5. The molecule has 1 aliphatic rings. The Morgan fingerprint density at radius 1 is 1.00 bits per heavy atom. The fourth-order valence-corrected chi connectivity index (χ4v) is 2.35. The van der Waals surface area contributed by atoms with E-state index in [4.69, 9.17) is 4.74 Å². The largest absolute Gasteiger partial charge is 0.376 e. The van der Waals surface area contributed by atoms with Gasteiger partial charge in [-0.05, 0) is 30.0 Å². The van der Waals surface area contributed by atoms with E-state index in [9.17, 15) is 0 Å². The minimum absolute atomic E-state index is 0.282. The zero-order valence-electron chi connectivity index (χ0n) is 10.4. The molecular formula is C17H17O. The van der Waals surface area contributed by atoms with Crippen LogP contribution in [-0.4, -0.2) is 6.61 Å². The molecule has 1 heteroatoms. The van der Waals surface area contributed by atoms with E-state index in [1.54, 1.807) is 0 Å². The van der Waals surface area contributed by atoms with Crippen molar-refractivity contribution in [2.24, 2.45) is 0 Å². The van der Waals surface area contributed by atoms with Gasteiger partial charge in [0.1, 0.15) is 0 Å². The van der Waals surface area contributed by atoms with Crippen molar-refractivity contribution in [1.29, 1.82) is 0 Å². The first-order valence-corrected chi connectivity index (χ1v) is 6.47. The molecule has 0 spiro atoms. The number of rotatable bonds is 5. The molecule has 2 aromatic rings. The molecule has 1 fully saturated rings. The van der Waals surface area contributed by atoms with Gasteiger partial charge in [0.05, 0.1) is 13.2 Å². The summed E-state index contributed by atoms with van der Waals surface area (Å²) < 4.78 is 5.89. The summed E-state index contributed by atoms with van der Waals surface area (Å²) in [5, 5.41) is 0. The molecule has 0 aromatic heterocycles. The molecule has 1 radical (unpaired) electrons. The standard InChI is InChI=1S/C17H17O/c1-3-7-15(8-4-1)13-18-14-17(11-12-17)16-9-5-2-6-10-16/h1,3-10H,11-14H2. The molecule has 1 aliphatic carbocycles. The number of ether oxygens (including phenoxy) is 1. The monoisotopic (exact) mass is 237 g/mol. The van der Waals surface area contributed by atoms with E-state index in [2.05, 4.69) is 42.5 Å². The van der Waals surface area contributed by atoms with E-state index < -0.39 is 0 Å². The van der Waals surface area contributed by atoms with E-state index in [0.29, 0.717) is 6.61 Å². The van der Waals surface area contributed by atoms with E-state index in [1.807, 2.05) is 18.2 Å². The fourth-order valence-electron chi connectivity index (χ4n) is 2.35. The third-order valence-electron chi connectivity index (χ3n) is 3.67. The number of hydrogen-bond acceptors (Lipinski definition) is 1. The van der Waals surface area contributed by atoms with Crippen LogP contribution in [0.15, 0.2) is 54.6 Å². The highest BCUT2D eigenvalue weighted by atomic mass is 16.5. The summed E-state index contributed by atoms with van der Waals surface area (Å²) in [6.07, 6.45) is 2.48. The molecule has 1 saturated carbocycles. The zero-order chi connectivity index (χ0) is 12.3. The highest BCUT2D eigenvalue weighted by Crippen LogP contribution is 2.48. The fraction of sp³-hybridized carbons (Fsp3) is 0.294. The second kappa shape index (κ2) is 4.95. The minimum Gasteiger partial charge on any atom is -0.376 e. The molecule has 0 bridgehead atoms. The van der Waals surface area contributed by atoms with Crippen LogP contribution in [0, 0.1) is 6.07 Å². The van der Waals surface area contributed by atoms with Crippen LogP contribution in [0.25, 0.3) is 0 Å². The zero-order valence-corrected chi connectivity index (χ0v) is 10.4. The minimum atomic E-state index is 0.282. The quantitative estimate of drug-likeness (QED) is 0.769. The topological polar surface area (TPSA) is 9.23 Å². The number of benzene rings is 2. The van der Waals surface area contributed by atoms with Crippen LogP contribution in [-0.2, 0) is 16.8 Å². The molecule has 0 aliphatic heterocycles. The van der Waals surface area contributed by atoms with Gasteiger partial charge >= 0.3 is 0 Å². The molecule has 91 valence electrons. The van der Waals surface area contributed by atoms with E-state index in [-0.39, 0.29) is 5.41 Å². The normalized spacial score (nSPS) is 16.4. The predicted molar refractivity (Wildman–Crippen MR) is 72.3 cm³/mol. The van der Waals surface area contributed by atoms with E-state index >= 15 is 0 Å². The second-order valence-corrected chi connectivity index (χ2v) is 5.05. The van der Waals surface area contributed by atoms with Crippen molar-refractivity contribution in [2.45, 2.75) is 24.9 Å². The summed E-state index contributed by atoms with van der Waals surface area (Å²) in [5.41, 5.74) is 2.92. The highest BCUT2D eigenvalue weighted by Gasteiger charge is 2.44. The Hall–Kier alpha value is -1.60. The lowest BCUT2D eigenvalue weighted by Gasteiger charge is -2.15. The van der Waals surface area contributed by atoms with Crippen LogP contribution in [0.1, 0.15) is 24.0 Å². The van der Waals surface area contributed by atoms with Crippen LogP contribution < -0.4 is 0 Å². The van der Waals surface area contributed by atoms with Gasteiger partial charge in [-0.15, -0.1) is 0 Å². The van der Waals surface area contributed by atoms with Gasteiger partial charge in [0.2, 0.25) is 0 Å². The van der Waals surface area contributed by atoms with Crippen molar-refractivity contribution in [2.75, 3.05) is 6.61 Å². The van der Waals surface area contributed by atoms with Crippen molar-refractivity contribution >= 4 is 0 Å². The average Bonchev–Trinajstić information content (AvgIpc) is 3.22. The maximum absolute atomic E-state index is 5.89. The van der Waals surface area contributed by atoms with Crippen molar-refractivity contribution in [3.63, 3.8) is 0 Å². The molecule has 0 N–H and O–H groups in total. The Bertz CT molecular complexity index is 486. The van der Waals surface area contributed by atoms with Crippen molar-refractivity contribution in [3.05, 3.63) is 71.8 Å². The van der Waals surface area contributed by atoms with Gasteiger partial charge in [0, 0.05) is 5.41 Å². The van der Waals surface area contributed by atoms with Gasteiger partial charge in [-0.3, -0.25) is 0 Å². The summed E-state index contributed by atoms with van der Waals surface area (Å²) in [5.74, 6) is 0. The van der Waals surface area contributed by atoms with Crippen molar-refractivity contribution < 1.29 is 4.74 Å². The van der Waals surface area contributed by atoms with Gasteiger partial charge in [-0.25, -0.2) is 0 Å². The molecule has 0 heterocycles. The van der Waals surface area contributed by atoms with E-state index in [0.717, 1.165) is 6.61 Å². The van der Waals surface area contributed by atoms with Gasteiger partial charge in [-0.1, -0.05) is 54.6 Å². The lowest BCUT2D eigenvalue weighted by Crippen LogP contribution is -2.15. The van der Waals surface area contributed by atoms with Crippen LogP contribution in [0.4, 0.5) is 0 Å². The summed E-state index contributed by atoms with van der Waals surface area (Å²) in [4.78, 5) is 0. The van der Waals surface area contributed by atoms with E-state index in [1.165, 1.54) is 24.0 Å². The van der Waals surface area contributed by atoms with Crippen LogP contribution in [0.5, 0.6) is 0 Å². The van der Waals surface area contributed by atoms with Crippen molar-refractivity contribution in [3.8, 4) is 0 Å². The van der Waals surface area contributed by atoms with Gasteiger partial charge in [0.15, 0.2) is 0 Å². The molecule has 0 unspecified atom stereocenters. The Balaban J connectivity index is 1.58. The molecule has 0 saturated heterocycles. The number of hydrogen-bond donors (Lipinski definition) is 0. The Labute approximate surface area is 108 Å². The molecule has 0 atom stereocenters. The molecule has 2 aromatic carbocycles. The molecule has 3 rings (SSSR count). The van der Waals surface area contributed by atoms with Crippen LogP contribution in [0.2, 0.25) is 0 Å². The second-order valence-electron chi connectivity index (χ2n) is 5.05. The smallest absolute Gasteiger partial charge is 0.0717 e. The summed E-state index contributed by atoms with van der Waals surface area (Å²) in [7, 11) is 0. The third kappa shape index (κ3) is 2.46. The third-order valence-corrected chi connectivity index (χ3v) is 3.67. The molecular weight excluding hydrogens is 220 g/mol. The first-order chi connectivity index (χ1) is 8.89. The van der Waals surface area contributed by atoms with Gasteiger partial charge in [0.25, 0.3) is 0 Å². The molecule has 1 nitrogen and oxygen atoms in total. The highest BCUT2D eigenvalue weighted by molar-refractivity contribution is 5.30. The predicted octanol–water partition coefficient (Wildman–Crippen LogP) is 3.74. The van der Waals surface area contributed by atoms with Crippen molar-refractivity contribution in [1.82, 2.24) is 0 Å². The Morgan fingerprint density at radius 3 is 2.39 bits per heavy atom. The lowest BCUT2D eigenvalue weighted by molar-refractivity contribution is 0.100. The van der Waals surface area contributed by atoms with Gasteiger partial charge < -0.3 is 4.74 Å². The average molecular weight is 237 g/mol. The summed E-state index contributed by atoms with van der Waals surface area (Å²) in [6, 6.07) is 21.7. The maximum atomic E-state index is 5.89. The maximum Gasteiger partial charge on any atom is 0.0717 e. The first-order valence-electron chi connectivity index (χ1n) is 6.47. The Morgan fingerprint density at radius 2 is 1.72 bits per heavy atom. The summed E-state index contributed by atoms with van der Waals surface area (Å²) >= 11 is 0. The molecule has 0 amide bonds.